The Morgan fingerprint density at radius 1 is 1.18 bits per heavy atom. The predicted molar refractivity (Wildman–Crippen MR) is 70.1 cm³/mol. The minimum Gasteiger partial charge on any atom is -0.458 e. The summed E-state index contributed by atoms with van der Waals surface area (Å²) in [6, 6.07) is 12.0. The molecule has 90 valence electrons. The van der Waals surface area contributed by atoms with E-state index in [1.54, 1.807) is 0 Å². The third kappa shape index (κ3) is 2.74. The van der Waals surface area contributed by atoms with Gasteiger partial charge in [-0.3, -0.25) is 4.90 Å². The van der Waals surface area contributed by atoms with Crippen LogP contribution >= 0.6 is 0 Å². The molecule has 1 atom stereocenters. The minimum absolute atomic E-state index is 0.0728. The van der Waals surface area contributed by atoms with Crippen LogP contribution in [0.15, 0.2) is 36.4 Å². The van der Waals surface area contributed by atoms with E-state index in [1.807, 2.05) is 44.4 Å². The molecule has 1 aromatic heterocycles. The van der Waals surface area contributed by atoms with Gasteiger partial charge in [0.15, 0.2) is 6.23 Å². The number of fused-ring (bicyclic) bond motifs is 1. The van der Waals surface area contributed by atoms with Gasteiger partial charge in [0.1, 0.15) is 0 Å². The molecule has 1 heterocycles. The van der Waals surface area contributed by atoms with Crippen LogP contribution in [0.1, 0.15) is 13.3 Å². The fourth-order valence-corrected chi connectivity index (χ4v) is 1.81. The Morgan fingerprint density at radius 2 is 1.94 bits per heavy atom. The molecule has 17 heavy (non-hydrogen) atoms. The summed E-state index contributed by atoms with van der Waals surface area (Å²) in [5.74, 6) is 0.684. The van der Waals surface area contributed by atoms with E-state index in [1.165, 1.54) is 0 Å². The average molecular weight is 230 g/mol. The van der Waals surface area contributed by atoms with Crippen molar-refractivity contribution in [1.82, 2.24) is 9.88 Å². The molecule has 2 aromatic rings. The van der Waals surface area contributed by atoms with Crippen LogP contribution in [0.4, 0.5) is 0 Å². The number of aromatic nitrogens is 1. The van der Waals surface area contributed by atoms with E-state index in [4.69, 9.17) is 4.74 Å². The SMILES string of the molecule is CCC(Oc1ccc2ccccc2n1)N(C)C. The van der Waals surface area contributed by atoms with Gasteiger partial charge in [-0.05, 0) is 32.6 Å². The Balaban J connectivity index is 2.24. The van der Waals surface area contributed by atoms with Gasteiger partial charge in [-0.2, -0.15) is 0 Å². The van der Waals surface area contributed by atoms with Crippen molar-refractivity contribution in [3.63, 3.8) is 0 Å². The van der Waals surface area contributed by atoms with Gasteiger partial charge < -0.3 is 4.74 Å². The standard InChI is InChI=1S/C14H18N2O/c1-4-14(16(2)3)17-13-10-9-11-7-5-6-8-12(11)15-13/h5-10,14H,4H2,1-3H3. The largest absolute Gasteiger partial charge is 0.458 e. The monoisotopic (exact) mass is 230 g/mol. The predicted octanol–water partition coefficient (Wildman–Crippen LogP) is 2.91. The van der Waals surface area contributed by atoms with E-state index in [9.17, 15) is 0 Å². The zero-order valence-electron chi connectivity index (χ0n) is 10.6. The lowest BCUT2D eigenvalue weighted by Gasteiger charge is -2.23. The molecule has 0 spiro atoms. The first kappa shape index (κ1) is 11.9. The molecule has 2 rings (SSSR count). The zero-order chi connectivity index (χ0) is 12.3. The topological polar surface area (TPSA) is 25.4 Å². The van der Waals surface area contributed by atoms with Crippen LogP contribution in [0.3, 0.4) is 0 Å². The summed E-state index contributed by atoms with van der Waals surface area (Å²) in [6.45, 7) is 2.10. The normalized spacial score (nSPS) is 12.9. The van der Waals surface area contributed by atoms with Crippen molar-refractivity contribution in [3.05, 3.63) is 36.4 Å². The first-order valence-corrected chi connectivity index (χ1v) is 5.89. The number of pyridine rings is 1. The first-order chi connectivity index (χ1) is 8.20. The molecule has 0 N–H and O–H groups in total. The van der Waals surface area contributed by atoms with Crippen molar-refractivity contribution in [3.8, 4) is 5.88 Å². The zero-order valence-corrected chi connectivity index (χ0v) is 10.6. The number of hydrogen-bond donors (Lipinski definition) is 0. The van der Waals surface area contributed by atoms with E-state index in [0.717, 1.165) is 17.3 Å². The quantitative estimate of drug-likeness (QED) is 0.755. The van der Waals surface area contributed by atoms with Crippen LogP contribution < -0.4 is 4.74 Å². The van der Waals surface area contributed by atoms with Crippen molar-refractivity contribution in [1.29, 1.82) is 0 Å². The van der Waals surface area contributed by atoms with Crippen molar-refractivity contribution in [2.45, 2.75) is 19.6 Å². The van der Waals surface area contributed by atoms with Crippen molar-refractivity contribution >= 4 is 10.9 Å². The number of ether oxygens (including phenoxy) is 1. The highest BCUT2D eigenvalue weighted by Crippen LogP contribution is 2.17. The molecule has 0 aliphatic rings. The Kier molecular flexibility index (Phi) is 3.59. The number of hydrogen-bond acceptors (Lipinski definition) is 3. The van der Waals surface area contributed by atoms with Crippen molar-refractivity contribution < 1.29 is 4.74 Å². The fraction of sp³-hybridized carbons (Fsp3) is 0.357. The lowest BCUT2D eigenvalue weighted by atomic mass is 10.2. The molecule has 1 unspecified atom stereocenters. The molecule has 1 aromatic carbocycles. The summed E-state index contributed by atoms with van der Waals surface area (Å²) >= 11 is 0. The van der Waals surface area contributed by atoms with Gasteiger partial charge in [-0.15, -0.1) is 0 Å². The highest BCUT2D eigenvalue weighted by Gasteiger charge is 2.11. The van der Waals surface area contributed by atoms with Gasteiger partial charge in [0.2, 0.25) is 5.88 Å². The molecule has 3 nitrogen and oxygen atoms in total. The number of rotatable bonds is 4. The number of nitrogens with zero attached hydrogens (tertiary/aromatic N) is 2. The molecule has 0 amide bonds. The Labute approximate surface area is 102 Å². The molecule has 0 aliphatic heterocycles. The highest BCUT2D eigenvalue weighted by atomic mass is 16.5. The lowest BCUT2D eigenvalue weighted by molar-refractivity contribution is 0.0572. The average Bonchev–Trinajstić information content (AvgIpc) is 2.35. The second-order valence-electron chi connectivity index (χ2n) is 4.29. The van der Waals surface area contributed by atoms with E-state index >= 15 is 0 Å². The molecule has 3 heteroatoms. The van der Waals surface area contributed by atoms with E-state index in [2.05, 4.69) is 22.9 Å². The lowest BCUT2D eigenvalue weighted by Crippen LogP contribution is -2.32. The number of para-hydroxylation sites is 1. The molecule has 0 fully saturated rings. The fourth-order valence-electron chi connectivity index (χ4n) is 1.81. The van der Waals surface area contributed by atoms with Crippen LogP contribution in [0.25, 0.3) is 10.9 Å². The third-order valence-electron chi connectivity index (χ3n) is 2.75. The second-order valence-corrected chi connectivity index (χ2v) is 4.29. The summed E-state index contributed by atoms with van der Waals surface area (Å²) in [5.41, 5.74) is 0.971. The van der Waals surface area contributed by atoms with Gasteiger partial charge >= 0.3 is 0 Å². The highest BCUT2D eigenvalue weighted by molar-refractivity contribution is 5.78. The smallest absolute Gasteiger partial charge is 0.215 e. The van der Waals surface area contributed by atoms with Gasteiger partial charge in [0, 0.05) is 11.5 Å². The third-order valence-corrected chi connectivity index (χ3v) is 2.75. The van der Waals surface area contributed by atoms with Crippen LogP contribution in [-0.4, -0.2) is 30.2 Å². The maximum atomic E-state index is 5.85. The van der Waals surface area contributed by atoms with Gasteiger partial charge in [-0.1, -0.05) is 25.1 Å². The van der Waals surface area contributed by atoms with Gasteiger partial charge in [0.05, 0.1) is 5.52 Å². The first-order valence-electron chi connectivity index (χ1n) is 5.89. The van der Waals surface area contributed by atoms with Gasteiger partial charge in [-0.25, -0.2) is 4.98 Å². The van der Waals surface area contributed by atoms with E-state index in [0.29, 0.717) is 5.88 Å². The molecule has 0 bridgehead atoms. The summed E-state index contributed by atoms with van der Waals surface area (Å²) in [5, 5.41) is 1.14. The van der Waals surface area contributed by atoms with E-state index in [-0.39, 0.29) is 6.23 Å². The molecule has 0 saturated carbocycles. The Bertz CT molecular complexity index is 496. The van der Waals surface area contributed by atoms with Crippen molar-refractivity contribution in [2.75, 3.05) is 14.1 Å². The molecule has 0 aliphatic carbocycles. The Hall–Kier alpha value is -1.61. The number of benzene rings is 1. The maximum absolute atomic E-state index is 5.85. The minimum atomic E-state index is 0.0728. The summed E-state index contributed by atoms with van der Waals surface area (Å²) in [6.07, 6.45) is 1.00. The Morgan fingerprint density at radius 3 is 2.65 bits per heavy atom. The molecule has 0 saturated heterocycles. The van der Waals surface area contributed by atoms with Crippen LogP contribution in [0.5, 0.6) is 5.88 Å². The van der Waals surface area contributed by atoms with E-state index < -0.39 is 0 Å². The molecule has 0 radical (unpaired) electrons. The van der Waals surface area contributed by atoms with Crippen LogP contribution in [0, 0.1) is 0 Å². The summed E-state index contributed by atoms with van der Waals surface area (Å²) in [4.78, 5) is 6.55. The van der Waals surface area contributed by atoms with Gasteiger partial charge in [0.25, 0.3) is 0 Å². The van der Waals surface area contributed by atoms with Crippen LogP contribution in [0.2, 0.25) is 0 Å². The summed E-state index contributed by atoms with van der Waals surface area (Å²) < 4.78 is 5.85. The summed E-state index contributed by atoms with van der Waals surface area (Å²) in [7, 11) is 4.02. The molecular formula is C14H18N2O. The van der Waals surface area contributed by atoms with Crippen molar-refractivity contribution in [2.24, 2.45) is 0 Å². The van der Waals surface area contributed by atoms with Crippen LogP contribution in [-0.2, 0) is 0 Å². The molecular weight excluding hydrogens is 212 g/mol. The maximum Gasteiger partial charge on any atom is 0.215 e. The second kappa shape index (κ2) is 5.15.